The molecule has 0 radical (unpaired) electrons. The molecule has 0 unspecified atom stereocenters. The second kappa shape index (κ2) is 5.50. The number of aryl methyl sites for hydroxylation is 1. The van der Waals surface area contributed by atoms with Gasteiger partial charge < -0.3 is 10.1 Å². The van der Waals surface area contributed by atoms with Gasteiger partial charge in [-0.1, -0.05) is 0 Å². The number of hydrogen-bond acceptors (Lipinski definition) is 6. The van der Waals surface area contributed by atoms with Crippen LogP contribution in [0.25, 0.3) is 11.3 Å². The molecule has 1 atom stereocenters. The Kier molecular flexibility index (Phi) is 3.77. The van der Waals surface area contributed by atoms with E-state index in [2.05, 4.69) is 15.0 Å². The lowest BCUT2D eigenvalue weighted by atomic mass is 10.1. The summed E-state index contributed by atoms with van der Waals surface area (Å²) < 4.78 is 30.5. The number of rotatable bonds is 3. The van der Waals surface area contributed by atoms with Gasteiger partial charge in [-0.25, -0.2) is 13.4 Å². The number of carbonyl (C=O) groups is 1. The molecule has 122 valence electrons. The van der Waals surface area contributed by atoms with Crippen LogP contribution in [0.2, 0.25) is 0 Å². The van der Waals surface area contributed by atoms with Crippen LogP contribution in [-0.4, -0.2) is 31.7 Å². The molecule has 1 aromatic carbocycles. The molecule has 2 N–H and O–H groups in total. The first kappa shape index (κ1) is 15.8. The zero-order chi connectivity index (χ0) is 16.8. The van der Waals surface area contributed by atoms with Crippen molar-refractivity contribution in [3.05, 3.63) is 23.1 Å². The van der Waals surface area contributed by atoms with E-state index in [0.29, 0.717) is 22.3 Å². The van der Waals surface area contributed by atoms with Crippen LogP contribution >= 0.6 is 11.3 Å². The third kappa shape index (κ3) is 3.30. The number of nitrogens with one attached hydrogen (secondary N) is 2. The highest BCUT2D eigenvalue weighted by atomic mass is 32.2. The minimum absolute atomic E-state index is 0.205. The van der Waals surface area contributed by atoms with Gasteiger partial charge in [0.15, 0.2) is 11.2 Å². The lowest BCUT2D eigenvalue weighted by molar-refractivity contribution is -0.122. The van der Waals surface area contributed by atoms with Crippen molar-refractivity contribution in [2.24, 2.45) is 0 Å². The molecule has 0 aliphatic carbocycles. The van der Waals surface area contributed by atoms with E-state index in [9.17, 15) is 13.2 Å². The molecule has 1 amide bonds. The van der Waals surface area contributed by atoms with Gasteiger partial charge in [-0.2, -0.15) is 0 Å². The molecule has 0 saturated carbocycles. The molecular weight excluding hydrogens is 338 g/mol. The van der Waals surface area contributed by atoms with E-state index < -0.39 is 16.1 Å². The third-order valence-electron chi connectivity index (χ3n) is 3.25. The molecule has 3 rings (SSSR count). The number of carbonyl (C=O) groups excluding carboxylic acids is 1. The van der Waals surface area contributed by atoms with Crippen molar-refractivity contribution >= 4 is 38.1 Å². The van der Waals surface area contributed by atoms with E-state index in [1.54, 1.807) is 19.1 Å². The summed E-state index contributed by atoms with van der Waals surface area (Å²) in [5, 5.41) is 3.10. The Hall–Kier alpha value is -2.13. The fraction of sp³-hybridized carbons (Fsp3) is 0.286. The van der Waals surface area contributed by atoms with E-state index in [0.717, 1.165) is 16.7 Å². The van der Waals surface area contributed by atoms with Crippen LogP contribution in [0, 0.1) is 6.92 Å². The largest absolute Gasteiger partial charge is 0.479 e. The SMILES string of the molecule is Cc1sc(NS(C)(=O)=O)nc1-c1ccc2c(c1)NC(=O)[C@H](C)O2. The second-order valence-corrected chi connectivity index (χ2v) is 8.21. The van der Waals surface area contributed by atoms with Gasteiger partial charge in [0.2, 0.25) is 10.0 Å². The summed E-state index contributed by atoms with van der Waals surface area (Å²) in [6, 6.07) is 5.36. The lowest BCUT2D eigenvalue weighted by Crippen LogP contribution is -2.34. The molecule has 23 heavy (non-hydrogen) atoms. The number of hydrogen-bond donors (Lipinski definition) is 2. The third-order valence-corrected chi connectivity index (χ3v) is 4.83. The maximum atomic E-state index is 11.7. The predicted octanol–water partition coefficient (Wildman–Crippen LogP) is 2.21. The lowest BCUT2D eigenvalue weighted by Gasteiger charge is -2.23. The van der Waals surface area contributed by atoms with Crippen LogP contribution in [-0.2, 0) is 14.8 Å². The van der Waals surface area contributed by atoms with Crippen molar-refractivity contribution in [1.29, 1.82) is 0 Å². The van der Waals surface area contributed by atoms with Crippen molar-refractivity contribution in [2.45, 2.75) is 20.0 Å². The Balaban J connectivity index is 1.97. The number of fused-ring (bicyclic) bond motifs is 1. The number of amides is 1. The molecule has 0 saturated heterocycles. The molecule has 1 aliphatic rings. The Morgan fingerprint density at radius 3 is 2.83 bits per heavy atom. The topological polar surface area (TPSA) is 97.4 Å². The number of benzene rings is 1. The number of thiazole rings is 1. The van der Waals surface area contributed by atoms with Crippen LogP contribution in [0.15, 0.2) is 18.2 Å². The summed E-state index contributed by atoms with van der Waals surface area (Å²) in [7, 11) is -3.37. The second-order valence-electron chi connectivity index (χ2n) is 5.26. The van der Waals surface area contributed by atoms with Crippen molar-refractivity contribution in [2.75, 3.05) is 16.3 Å². The summed E-state index contributed by atoms with van der Waals surface area (Å²) in [5.41, 5.74) is 2.02. The molecule has 1 aliphatic heterocycles. The van der Waals surface area contributed by atoms with Gasteiger partial charge in [-0.05, 0) is 32.0 Å². The van der Waals surface area contributed by atoms with Crippen LogP contribution in [0.3, 0.4) is 0 Å². The van der Waals surface area contributed by atoms with Crippen LogP contribution < -0.4 is 14.8 Å². The highest BCUT2D eigenvalue weighted by molar-refractivity contribution is 7.92. The number of anilines is 2. The van der Waals surface area contributed by atoms with Crippen molar-refractivity contribution < 1.29 is 17.9 Å². The van der Waals surface area contributed by atoms with Crippen LogP contribution in [0.5, 0.6) is 5.75 Å². The molecular formula is C14H15N3O4S2. The smallest absolute Gasteiger partial charge is 0.265 e. The maximum absolute atomic E-state index is 11.7. The van der Waals surface area contributed by atoms with E-state index in [1.165, 1.54) is 11.3 Å². The van der Waals surface area contributed by atoms with Gasteiger partial charge in [0.25, 0.3) is 5.91 Å². The van der Waals surface area contributed by atoms with Gasteiger partial charge in [0, 0.05) is 10.4 Å². The van der Waals surface area contributed by atoms with Crippen molar-refractivity contribution in [3.8, 4) is 17.0 Å². The highest BCUT2D eigenvalue weighted by Gasteiger charge is 2.24. The molecule has 1 aromatic heterocycles. The quantitative estimate of drug-likeness (QED) is 0.882. The summed E-state index contributed by atoms with van der Waals surface area (Å²) in [4.78, 5) is 16.9. The van der Waals surface area contributed by atoms with Crippen LogP contribution in [0.1, 0.15) is 11.8 Å². The maximum Gasteiger partial charge on any atom is 0.265 e. The standard InChI is InChI=1S/C14H15N3O4S2/c1-7-13(18)15-10-6-9(4-5-11(10)21-7)12-8(2)22-14(16-12)17-23(3,19)20/h4-7H,1-3H3,(H,15,18)(H,16,17)/t7-/m0/s1. The summed E-state index contributed by atoms with van der Waals surface area (Å²) in [6.07, 6.45) is 0.552. The minimum atomic E-state index is -3.37. The molecule has 2 heterocycles. The zero-order valence-electron chi connectivity index (χ0n) is 12.7. The molecule has 0 fully saturated rings. The Morgan fingerprint density at radius 1 is 1.39 bits per heavy atom. The Morgan fingerprint density at radius 2 is 2.13 bits per heavy atom. The number of ether oxygens (including phenoxy) is 1. The molecule has 0 spiro atoms. The highest BCUT2D eigenvalue weighted by Crippen LogP contribution is 2.37. The van der Waals surface area contributed by atoms with E-state index in [1.807, 2.05) is 13.0 Å². The number of aromatic nitrogens is 1. The monoisotopic (exact) mass is 353 g/mol. The van der Waals surface area contributed by atoms with Gasteiger partial charge >= 0.3 is 0 Å². The summed E-state index contributed by atoms with van der Waals surface area (Å²) in [6.45, 7) is 3.54. The molecule has 7 nitrogen and oxygen atoms in total. The predicted molar refractivity (Wildman–Crippen MR) is 89.5 cm³/mol. The molecule has 9 heteroatoms. The van der Waals surface area contributed by atoms with Crippen LogP contribution in [0.4, 0.5) is 10.8 Å². The summed E-state index contributed by atoms with van der Waals surface area (Å²) in [5.74, 6) is 0.396. The van der Waals surface area contributed by atoms with Gasteiger partial charge in [-0.15, -0.1) is 11.3 Å². The minimum Gasteiger partial charge on any atom is -0.479 e. The first-order valence-electron chi connectivity index (χ1n) is 6.80. The fourth-order valence-electron chi connectivity index (χ4n) is 2.22. The molecule has 2 aromatic rings. The van der Waals surface area contributed by atoms with Gasteiger partial charge in [0.1, 0.15) is 5.75 Å². The van der Waals surface area contributed by atoms with E-state index in [4.69, 9.17) is 4.74 Å². The molecule has 0 bridgehead atoms. The van der Waals surface area contributed by atoms with Crippen molar-refractivity contribution in [1.82, 2.24) is 4.98 Å². The van der Waals surface area contributed by atoms with Gasteiger partial charge in [0.05, 0.1) is 17.6 Å². The van der Waals surface area contributed by atoms with E-state index in [-0.39, 0.29) is 5.91 Å². The summed E-state index contributed by atoms with van der Waals surface area (Å²) >= 11 is 1.25. The average Bonchev–Trinajstić information content (AvgIpc) is 2.78. The van der Waals surface area contributed by atoms with Gasteiger partial charge in [-0.3, -0.25) is 9.52 Å². The van der Waals surface area contributed by atoms with Crippen molar-refractivity contribution in [3.63, 3.8) is 0 Å². The zero-order valence-corrected chi connectivity index (χ0v) is 14.3. The average molecular weight is 353 g/mol. The fourth-order valence-corrected chi connectivity index (χ4v) is 3.89. The first-order chi connectivity index (χ1) is 10.7. The normalized spacial score (nSPS) is 17.2. The Labute approximate surface area is 137 Å². The Bertz CT molecular complexity index is 889. The first-order valence-corrected chi connectivity index (χ1v) is 9.51. The number of nitrogens with zero attached hydrogens (tertiary/aromatic N) is 1. The van der Waals surface area contributed by atoms with E-state index >= 15 is 0 Å². The number of sulfonamides is 1.